The lowest BCUT2D eigenvalue weighted by Crippen LogP contribution is -2.29. The summed E-state index contributed by atoms with van der Waals surface area (Å²) < 4.78 is 16.8. The highest BCUT2D eigenvalue weighted by Crippen LogP contribution is 2.43. The van der Waals surface area contributed by atoms with Gasteiger partial charge in [0.15, 0.2) is 0 Å². The minimum Gasteiger partial charge on any atom is -0.507 e. The van der Waals surface area contributed by atoms with Crippen molar-refractivity contribution in [3.8, 4) is 17.2 Å². The Morgan fingerprint density at radius 1 is 0.921 bits per heavy atom. The van der Waals surface area contributed by atoms with Crippen LogP contribution in [0.3, 0.4) is 0 Å². The fraction of sp³-hybridized carbons (Fsp3) is 0.290. The Labute approximate surface area is 223 Å². The fourth-order valence-electron chi connectivity index (χ4n) is 4.28. The molecule has 1 amide bonds. The molecule has 1 unspecified atom stereocenters. The summed E-state index contributed by atoms with van der Waals surface area (Å²) in [7, 11) is 1.56. The molecular formula is C31H33NO6. The number of aliphatic hydroxyl groups excluding tert-OH is 1. The predicted molar refractivity (Wildman–Crippen MR) is 147 cm³/mol. The van der Waals surface area contributed by atoms with Gasteiger partial charge in [0.1, 0.15) is 23.0 Å². The molecule has 198 valence electrons. The summed E-state index contributed by atoms with van der Waals surface area (Å²) in [5.74, 6) is 0.537. The van der Waals surface area contributed by atoms with Crippen LogP contribution in [0.1, 0.15) is 44.4 Å². The van der Waals surface area contributed by atoms with Crippen LogP contribution in [0.5, 0.6) is 17.2 Å². The third-order valence-electron chi connectivity index (χ3n) is 6.15. The molecule has 4 rings (SSSR count). The molecule has 1 heterocycles. The second kappa shape index (κ2) is 11.9. The summed E-state index contributed by atoms with van der Waals surface area (Å²) in [6.07, 6.45) is 0.839. The molecule has 1 N–H and O–H groups in total. The van der Waals surface area contributed by atoms with E-state index in [4.69, 9.17) is 14.2 Å². The Balaban J connectivity index is 1.81. The molecular weight excluding hydrogens is 482 g/mol. The number of amides is 1. The Kier molecular flexibility index (Phi) is 8.36. The first-order valence-corrected chi connectivity index (χ1v) is 12.7. The van der Waals surface area contributed by atoms with Crippen LogP contribution in [0.25, 0.3) is 5.76 Å². The fourth-order valence-corrected chi connectivity index (χ4v) is 4.28. The second-order valence-corrected chi connectivity index (χ2v) is 9.52. The normalized spacial score (nSPS) is 16.7. The first kappa shape index (κ1) is 26.8. The molecule has 1 fully saturated rings. The molecule has 0 bridgehead atoms. The van der Waals surface area contributed by atoms with Gasteiger partial charge >= 0.3 is 0 Å². The number of anilines is 1. The maximum Gasteiger partial charge on any atom is 0.300 e. The van der Waals surface area contributed by atoms with Gasteiger partial charge in [-0.2, -0.15) is 0 Å². The van der Waals surface area contributed by atoms with Crippen molar-refractivity contribution in [1.29, 1.82) is 0 Å². The highest BCUT2D eigenvalue weighted by molar-refractivity contribution is 6.51. The molecule has 3 aromatic carbocycles. The number of carbonyl (C=O) groups is 2. The van der Waals surface area contributed by atoms with E-state index in [1.54, 1.807) is 61.7 Å². The van der Waals surface area contributed by atoms with Crippen molar-refractivity contribution in [2.45, 2.75) is 33.2 Å². The van der Waals surface area contributed by atoms with E-state index in [2.05, 4.69) is 13.8 Å². The number of nitrogens with zero attached hydrogens (tertiary/aromatic N) is 1. The molecule has 1 aliphatic heterocycles. The molecule has 0 radical (unpaired) electrons. The number of rotatable bonds is 10. The van der Waals surface area contributed by atoms with E-state index >= 15 is 0 Å². The first-order chi connectivity index (χ1) is 18.3. The van der Waals surface area contributed by atoms with Crippen LogP contribution in [-0.4, -0.2) is 37.1 Å². The molecule has 1 saturated heterocycles. The van der Waals surface area contributed by atoms with Crippen LogP contribution in [0.2, 0.25) is 0 Å². The zero-order valence-electron chi connectivity index (χ0n) is 22.1. The Morgan fingerprint density at radius 2 is 1.61 bits per heavy atom. The molecule has 0 spiro atoms. The topological polar surface area (TPSA) is 85.3 Å². The van der Waals surface area contributed by atoms with Crippen molar-refractivity contribution in [3.05, 3.63) is 89.5 Å². The van der Waals surface area contributed by atoms with Gasteiger partial charge in [0.25, 0.3) is 11.7 Å². The van der Waals surface area contributed by atoms with E-state index < -0.39 is 17.7 Å². The van der Waals surface area contributed by atoms with Gasteiger partial charge in [0, 0.05) is 11.3 Å². The lowest BCUT2D eigenvalue weighted by atomic mass is 9.95. The lowest BCUT2D eigenvalue weighted by molar-refractivity contribution is -0.132. The van der Waals surface area contributed by atoms with Crippen molar-refractivity contribution >= 4 is 23.1 Å². The van der Waals surface area contributed by atoms with E-state index in [9.17, 15) is 14.7 Å². The number of hydrogen-bond acceptors (Lipinski definition) is 6. The first-order valence-electron chi connectivity index (χ1n) is 12.7. The van der Waals surface area contributed by atoms with E-state index in [-0.39, 0.29) is 11.3 Å². The minimum atomic E-state index is -0.856. The van der Waals surface area contributed by atoms with Crippen molar-refractivity contribution in [3.63, 3.8) is 0 Å². The van der Waals surface area contributed by atoms with Gasteiger partial charge in [0.05, 0.1) is 31.9 Å². The Morgan fingerprint density at radius 3 is 2.24 bits per heavy atom. The summed E-state index contributed by atoms with van der Waals surface area (Å²) in [6.45, 7) is 7.23. The molecule has 0 aliphatic carbocycles. The van der Waals surface area contributed by atoms with Crippen LogP contribution in [0.4, 0.5) is 5.69 Å². The standard InChI is InChI=1S/C31H33NO6/c1-5-17-37-26-8-6-7-22(18-26)28-27(29(33)21-9-13-25(14-10-21)38-19-20(2)3)30(34)31(35)32(28)23-11-15-24(36-4)16-12-23/h6-16,18,20,28,33H,5,17,19H2,1-4H3/b29-27-. The average molecular weight is 516 g/mol. The van der Waals surface area contributed by atoms with Gasteiger partial charge in [-0.1, -0.05) is 32.9 Å². The minimum absolute atomic E-state index is 0.00862. The van der Waals surface area contributed by atoms with Gasteiger partial charge in [-0.05, 0) is 78.6 Å². The maximum atomic E-state index is 13.4. The van der Waals surface area contributed by atoms with Crippen LogP contribution >= 0.6 is 0 Å². The van der Waals surface area contributed by atoms with E-state index in [0.717, 1.165) is 6.42 Å². The van der Waals surface area contributed by atoms with Crippen molar-refractivity contribution in [2.24, 2.45) is 5.92 Å². The zero-order valence-corrected chi connectivity index (χ0v) is 22.1. The van der Waals surface area contributed by atoms with Crippen molar-refractivity contribution in [2.75, 3.05) is 25.2 Å². The van der Waals surface area contributed by atoms with Crippen LogP contribution in [0, 0.1) is 5.92 Å². The number of benzene rings is 3. The Bertz CT molecular complexity index is 1310. The number of ether oxygens (including phenoxy) is 3. The highest BCUT2D eigenvalue weighted by atomic mass is 16.5. The maximum absolute atomic E-state index is 13.4. The number of aliphatic hydroxyl groups is 1. The zero-order chi connectivity index (χ0) is 27.2. The molecule has 7 heteroatoms. The van der Waals surface area contributed by atoms with Gasteiger partial charge in [-0.3, -0.25) is 14.5 Å². The summed E-state index contributed by atoms with van der Waals surface area (Å²) >= 11 is 0. The monoisotopic (exact) mass is 515 g/mol. The molecule has 3 aromatic rings. The smallest absolute Gasteiger partial charge is 0.300 e. The molecule has 0 aromatic heterocycles. The second-order valence-electron chi connectivity index (χ2n) is 9.52. The van der Waals surface area contributed by atoms with Crippen molar-refractivity contribution in [1.82, 2.24) is 0 Å². The lowest BCUT2D eigenvalue weighted by Gasteiger charge is -2.26. The predicted octanol–water partition coefficient (Wildman–Crippen LogP) is 6.15. The molecule has 1 atom stereocenters. The van der Waals surface area contributed by atoms with E-state index in [1.807, 2.05) is 25.1 Å². The number of Topliss-reactive ketones (excluding diaryl/α,β-unsaturated/α-hetero) is 1. The van der Waals surface area contributed by atoms with Crippen molar-refractivity contribution < 1.29 is 28.9 Å². The third-order valence-corrected chi connectivity index (χ3v) is 6.15. The summed E-state index contributed by atoms with van der Waals surface area (Å²) in [5.41, 5.74) is 1.58. The molecule has 0 saturated carbocycles. The summed E-state index contributed by atoms with van der Waals surface area (Å²) in [5, 5.41) is 11.4. The number of carbonyl (C=O) groups excluding carboxylic acids is 2. The highest BCUT2D eigenvalue weighted by Gasteiger charge is 2.47. The number of hydrogen-bond donors (Lipinski definition) is 1. The van der Waals surface area contributed by atoms with Crippen LogP contribution in [0.15, 0.2) is 78.4 Å². The molecule has 1 aliphatic rings. The van der Waals surface area contributed by atoms with Gasteiger partial charge < -0.3 is 19.3 Å². The van der Waals surface area contributed by atoms with E-state index in [1.165, 1.54) is 4.90 Å². The quantitative estimate of drug-likeness (QED) is 0.198. The molecule has 38 heavy (non-hydrogen) atoms. The molecule has 7 nitrogen and oxygen atoms in total. The largest absolute Gasteiger partial charge is 0.507 e. The number of ketones is 1. The number of methoxy groups -OCH3 is 1. The van der Waals surface area contributed by atoms with Crippen LogP contribution in [-0.2, 0) is 9.59 Å². The summed E-state index contributed by atoms with van der Waals surface area (Å²) in [4.78, 5) is 28.2. The van der Waals surface area contributed by atoms with E-state index in [0.29, 0.717) is 53.2 Å². The van der Waals surface area contributed by atoms with Gasteiger partial charge in [0.2, 0.25) is 0 Å². The van der Waals surface area contributed by atoms with Gasteiger partial charge in [-0.15, -0.1) is 0 Å². The SMILES string of the molecule is CCCOc1cccc(C2/C(=C(/O)c3ccc(OCC(C)C)cc3)C(=O)C(=O)N2c2ccc(OC)cc2)c1. The summed E-state index contributed by atoms with van der Waals surface area (Å²) in [6, 6.07) is 20.1. The van der Waals surface area contributed by atoms with Gasteiger partial charge in [-0.25, -0.2) is 0 Å². The third kappa shape index (κ3) is 5.67. The van der Waals surface area contributed by atoms with Crippen LogP contribution < -0.4 is 19.1 Å². The average Bonchev–Trinajstić information content (AvgIpc) is 3.20. The Hall–Kier alpha value is -4.26.